The summed E-state index contributed by atoms with van der Waals surface area (Å²) in [7, 11) is 0. The molecule has 0 aliphatic rings. The summed E-state index contributed by atoms with van der Waals surface area (Å²) in [5, 5.41) is 12.1. The number of esters is 1. The number of hydrogen-bond acceptors (Lipinski definition) is 7. The monoisotopic (exact) mass is 355 g/mol. The standard InChI is InChI=1S/C14H11F2N3O2S2/c1-2-21-12(20)8(6-17)7-18-14-19-10-4-3-9(22-13(15)16)5-11(10)23-14/h3-5,7,13H,2H2,1H3,(H,18,19)/b8-7+. The summed E-state index contributed by atoms with van der Waals surface area (Å²) in [6.07, 6.45) is 1.21. The number of carbonyl (C=O) groups is 1. The fourth-order valence-electron chi connectivity index (χ4n) is 1.62. The number of fused-ring (bicyclic) bond motifs is 1. The van der Waals surface area contributed by atoms with E-state index in [2.05, 4.69) is 10.3 Å². The Morgan fingerprint density at radius 3 is 3.04 bits per heavy atom. The third-order valence-corrected chi connectivity index (χ3v) is 4.19. The van der Waals surface area contributed by atoms with Crippen LogP contribution >= 0.6 is 23.1 Å². The van der Waals surface area contributed by atoms with Crippen LogP contribution in [0.5, 0.6) is 0 Å². The van der Waals surface area contributed by atoms with Gasteiger partial charge in [0.05, 0.1) is 16.8 Å². The van der Waals surface area contributed by atoms with Gasteiger partial charge in [0.1, 0.15) is 6.07 Å². The first-order valence-electron chi connectivity index (χ1n) is 6.42. The van der Waals surface area contributed by atoms with E-state index in [1.807, 2.05) is 0 Å². The van der Waals surface area contributed by atoms with Crippen molar-refractivity contribution in [2.45, 2.75) is 17.6 Å². The molecule has 0 unspecified atom stereocenters. The second-order valence-electron chi connectivity index (χ2n) is 4.06. The molecular weight excluding hydrogens is 344 g/mol. The summed E-state index contributed by atoms with van der Waals surface area (Å²) in [6, 6.07) is 6.56. The Balaban J connectivity index is 2.17. The van der Waals surface area contributed by atoms with Crippen LogP contribution in [0.1, 0.15) is 6.92 Å². The largest absolute Gasteiger partial charge is 0.462 e. The van der Waals surface area contributed by atoms with Crippen molar-refractivity contribution in [3.05, 3.63) is 30.0 Å². The van der Waals surface area contributed by atoms with Crippen molar-refractivity contribution in [1.82, 2.24) is 4.98 Å². The van der Waals surface area contributed by atoms with Gasteiger partial charge < -0.3 is 10.1 Å². The van der Waals surface area contributed by atoms with Gasteiger partial charge in [0.25, 0.3) is 5.76 Å². The maximum absolute atomic E-state index is 12.4. The number of ether oxygens (including phenoxy) is 1. The fourth-order valence-corrected chi connectivity index (χ4v) is 3.11. The zero-order valence-electron chi connectivity index (χ0n) is 11.9. The quantitative estimate of drug-likeness (QED) is 0.365. The van der Waals surface area contributed by atoms with Gasteiger partial charge in [-0.15, -0.1) is 0 Å². The van der Waals surface area contributed by atoms with E-state index in [9.17, 15) is 13.6 Å². The van der Waals surface area contributed by atoms with E-state index in [0.29, 0.717) is 27.3 Å². The Bertz CT molecular complexity index is 784. The van der Waals surface area contributed by atoms with Gasteiger partial charge in [0.15, 0.2) is 10.7 Å². The van der Waals surface area contributed by atoms with Gasteiger partial charge in [-0.3, -0.25) is 0 Å². The summed E-state index contributed by atoms with van der Waals surface area (Å²) < 4.78 is 30.2. The second kappa shape index (κ2) is 7.89. The summed E-state index contributed by atoms with van der Waals surface area (Å²) in [5.41, 5.74) is 0.458. The lowest BCUT2D eigenvalue weighted by atomic mass is 10.3. The van der Waals surface area contributed by atoms with E-state index in [0.717, 1.165) is 4.70 Å². The SMILES string of the molecule is CCOC(=O)/C(C#N)=C/Nc1nc2ccc(SC(F)F)cc2s1. The Morgan fingerprint density at radius 2 is 2.39 bits per heavy atom. The third-order valence-electron chi connectivity index (χ3n) is 2.54. The first-order chi connectivity index (χ1) is 11.0. The van der Waals surface area contributed by atoms with Crippen LogP contribution in [0.4, 0.5) is 13.9 Å². The minimum Gasteiger partial charge on any atom is -0.462 e. The van der Waals surface area contributed by atoms with E-state index in [1.165, 1.54) is 17.5 Å². The number of hydrogen-bond donors (Lipinski definition) is 1. The number of carbonyl (C=O) groups excluding carboxylic acids is 1. The van der Waals surface area contributed by atoms with Crippen molar-refractivity contribution in [3.8, 4) is 6.07 Å². The van der Waals surface area contributed by atoms with E-state index in [4.69, 9.17) is 10.00 Å². The van der Waals surface area contributed by atoms with Crippen molar-refractivity contribution in [2.75, 3.05) is 11.9 Å². The first-order valence-corrected chi connectivity index (χ1v) is 8.12. The fraction of sp³-hybridized carbons (Fsp3) is 0.214. The van der Waals surface area contributed by atoms with Gasteiger partial charge in [0, 0.05) is 11.1 Å². The zero-order chi connectivity index (χ0) is 16.8. The molecule has 0 bridgehead atoms. The van der Waals surface area contributed by atoms with Gasteiger partial charge in [-0.2, -0.15) is 14.0 Å². The maximum Gasteiger partial charge on any atom is 0.350 e. The molecule has 0 aliphatic carbocycles. The second-order valence-corrected chi connectivity index (χ2v) is 6.16. The summed E-state index contributed by atoms with van der Waals surface area (Å²) in [6.45, 7) is 1.81. The molecule has 0 spiro atoms. The van der Waals surface area contributed by atoms with E-state index in [1.54, 1.807) is 31.2 Å². The topological polar surface area (TPSA) is 75.0 Å². The van der Waals surface area contributed by atoms with E-state index < -0.39 is 11.7 Å². The summed E-state index contributed by atoms with van der Waals surface area (Å²) >= 11 is 1.69. The van der Waals surface area contributed by atoms with Crippen LogP contribution in [0.3, 0.4) is 0 Å². The Kier molecular flexibility index (Phi) is 5.90. The Labute approximate surface area is 139 Å². The predicted molar refractivity (Wildman–Crippen MR) is 85.4 cm³/mol. The van der Waals surface area contributed by atoms with Gasteiger partial charge in [-0.1, -0.05) is 23.1 Å². The summed E-state index contributed by atoms with van der Waals surface area (Å²) in [4.78, 5) is 16.2. The highest BCUT2D eigenvalue weighted by Gasteiger charge is 2.11. The molecule has 1 aromatic heterocycles. The highest BCUT2D eigenvalue weighted by molar-refractivity contribution is 7.99. The van der Waals surface area contributed by atoms with Crippen molar-refractivity contribution in [1.29, 1.82) is 5.26 Å². The number of thioether (sulfide) groups is 1. The van der Waals surface area contributed by atoms with Gasteiger partial charge in [0.2, 0.25) is 0 Å². The van der Waals surface area contributed by atoms with Crippen molar-refractivity contribution >= 4 is 44.4 Å². The number of halogens is 2. The first kappa shape index (κ1) is 17.2. The molecular formula is C14H11F2N3O2S2. The molecule has 0 atom stereocenters. The van der Waals surface area contributed by atoms with Gasteiger partial charge in [-0.05, 0) is 25.1 Å². The van der Waals surface area contributed by atoms with Crippen molar-refractivity contribution in [2.24, 2.45) is 0 Å². The van der Waals surface area contributed by atoms with Crippen LogP contribution in [0.2, 0.25) is 0 Å². The smallest absolute Gasteiger partial charge is 0.350 e. The molecule has 0 aliphatic heterocycles. The number of anilines is 1. The van der Waals surface area contributed by atoms with Crippen LogP contribution < -0.4 is 5.32 Å². The number of nitrogens with zero attached hydrogens (tertiary/aromatic N) is 2. The van der Waals surface area contributed by atoms with Crippen molar-refractivity contribution < 1.29 is 18.3 Å². The maximum atomic E-state index is 12.4. The third kappa shape index (κ3) is 4.64. The lowest BCUT2D eigenvalue weighted by molar-refractivity contribution is -0.138. The number of benzene rings is 1. The number of alkyl halides is 2. The van der Waals surface area contributed by atoms with Crippen LogP contribution in [0.25, 0.3) is 10.2 Å². The van der Waals surface area contributed by atoms with E-state index >= 15 is 0 Å². The Hall–Kier alpha value is -2.18. The predicted octanol–water partition coefficient (Wildman–Crippen LogP) is 3.99. The zero-order valence-corrected chi connectivity index (χ0v) is 13.5. The molecule has 0 radical (unpaired) electrons. The molecule has 5 nitrogen and oxygen atoms in total. The van der Waals surface area contributed by atoms with Crippen LogP contribution in [0.15, 0.2) is 34.9 Å². The van der Waals surface area contributed by atoms with Crippen LogP contribution in [-0.4, -0.2) is 23.3 Å². The molecule has 1 N–H and O–H groups in total. The average Bonchev–Trinajstić information content (AvgIpc) is 2.89. The lowest BCUT2D eigenvalue weighted by Crippen LogP contribution is -2.07. The minimum atomic E-state index is -2.48. The minimum absolute atomic E-state index is 0.170. The molecule has 2 rings (SSSR count). The highest BCUT2D eigenvalue weighted by Crippen LogP contribution is 2.32. The highest BCUT2D eigenvalue weighted by atomic mass is 32.2. The van der Waals surface area contributed by atoms with Crippen molar-refractivity contribution in [3.63, 3.8) is 0 Å². The molecule has 0 amide bonds. The molecule has 1 aromatic carbocycles. The molecule has 0 fully saturated rings. The lowest BCUT2D eigenvalue weighted by Gasteiger charge is -1.99. The van der Waals surface area contributed by atoms with Crippen LogP contribution in [-0.2, 0) is 9.53 Å². The molecule has 0 saturated heterocycles. The Morgan fingerprint density at radius 1 is 1.61 bits per heavy atom. The molecule has 9 heteroatoms. The normalized spacial score (nSPS) is 11.5. The van der Waals surface area contributed by atoms with Gasteiger partial charge >= 0.3 is 5.97 Å². The molecule has 2 aromatic rings. The average molecular weight is 355 g/mol. The number of rotatable bonds is 6. The summed E-state index contributed by atoms with van der Waals surface area (Å²) in [5.74, 6) is -3.21. The number of nitrogens with one attached hydrogen (secondary N) is 1. The number of aromatic nitrogens is 1. The molecule has 23 heavy (non-hydrogen) atoms. The van der Waals surface area contributed by atoms with E-state index in [-0.39, 0.29) is 12.2 Å². The molecule has 0 saturated carbocycles. The molecule has 120 valence electrons. The number of thiazole rings is 1. The van der Waals surface area contributed by atoms with Crippen LogP contribution in [0, 0.1) is 11.3 Å². The van der Waals surface area contributed by atoms with Gasteiger partial charge in [-0.25, -0.2) is 9.78 Å². The molecule has 1 heterocycles. The number of nitriles is 1.